The molecule has 1 saturated carbocycles. The molecule has 0 aliphatic heterocycles. The normalized spacial score (nSPS) is 17.4. The van der Waals surface area contributed by atoms with Crippen LogP contribution in [0.2, 0.25) is 0 Å². The molecule has 4 heteroatoms. The number of nitriles is 1. The molecule has 17 heavy (non-hydrogen) atoms. The van der Waals surface area contributed by atoms with Gasteiger partial charge in [0.2, 0.25) is 5.91 Å². The first kappa shape index (κ1) is 14.0. The van der Waals surface area contributed by atoms with E-state index in [2.05, 4.69) is 13.0 Å². The van der Waals surface area contributed by atoms with Crippen LogP contribution in [0.1, 0.15) is 33.6 Å². The van der Waals surface area contributed by atoms with Gasteiger partial charge in [-0.1, -0.05) is 0 Å². The highest BCUT2D eigenvalue weighted by Crippen LogP contribution is 2.36. The number of rotatable bonds is 6. The van der Waals surface area contributed by atoms with Crippen LogP contribution in [-0.4, -0.2) is 37.1 Å². The van der Waals surface area contributed by atoms with Gasteiger partial charge in [0.25, 0.3) is 0 Å². The first-order valence-electron chi connectivity index (χ1n) is 6.15. The number of methoxy groups -OCH3 is 1. The van der Waals surface area contributed by atoms with Crippen LogP contribution >= 0.6 is 0 Å². The highest BCUT2D eigenvalue weighted by Gasteiger charge is 2.39. The molecule has 0 radical (unpaired) electrons. The molecule has 1 amide bonds. The first-order chi connectivity index (χ1) is 7.94. The lowest BCUT2D eigenvalue weighted by Gasteiger charge is -2.33. The van der Waals surface area contributed by atoms with Gasteiger partial charge < -0.3 is 9.64 Å². The Bertz CT molecular complexity index is 316. The third-order valence-corrected chi connectivity index (χ3v) is 3.41. The lowest BCUT2D eigenvalue weighted by atomic mass is 9.92. The van der Waals surface area contributed by atoms with Crippen LogP contribution in [0.3, 0.4) is 0 Å². The van der Waals surface area contributed by atoms with Crippen LogP contribution in [0.15, 0.2) is 0 Å². The molecule has 0 spiro atoms. The Morgan fingerprint density at radius 1 is 1.59 bits per heavy atom. The molecule has 0 aromatic rings. The van der Waals surface area contributed by atoms with E-state index >= 15 is 0 Å². The average molecular weight is 238 g/mol. The summed E-state index contributed by atoms with van der Waals surface area (Å²) in [5.41, 5.74) is -0.948. The van der Waals surface area contributed by atoms with Gasteiger partial charge in [-0.05, 0) is 39.5 Å². The van der Waals surface area contributed by atoms with E-state index in [0.717, 1.165) is 0 Å². The zero-order chi connectivity index (χ0) is 13.1. The van der Waals surface area contributed by atoms with E-state index in [1.807, 2.05) is 4.90 Å². The zero-order valence-corrected chi connectivity index (χ0v) is 11.2. The van der Waals surface area contributed by atoms with Crippen molar-refractivity contribution in [2.75, 3.05) is 20.3 Å². The van der Waals surface area contributed by atoms with E-state index in [9.17, 15) is 4.79 Å². The molecule has 1 aliphatic carbocycles. The zero-order valence-electron chi connectivity index (χ0n) is 11.2. The summed E-state index contributed by atoms with van der Waals surface area (Å²) in [7, 11) is 1.62. The SMILES string of the molecule is COCCN(C(=O)C(C)(C)C#N)C(C)C1CC1. The molecule has 1 aliphatic rings. The molecular weight excluding hydrogens is 216 g/mol. The predicted octanol–water partition coefficient (Wildman–Crippen LogP) is 1.81. The van der Waals surface area contributed by atoms with Crippen molar-refractivity contribution in [1.29, 1.82) is 5.26 Å². The van der Waals surface area contributed by atoms with Gasteiger partial charge in [-0.15, -0.1) is 0 Å². The predicted molar refractivity (Wildman–Crippen MR) is 65.2 cm³/mol. The number of nitrogens with zero attached hydrogens (tertiary/aromatic N) is 2. The Balaban J connectivity index is 2.74. The Kier molecular flexibility index (Phi) is 4.53. The topological polar surface area (TPSA) is 53.3 Å². The number of hydrogen-bond acceptors (Lipinski definition) is 3. The van der Waals surface area contributed by atoms with Gasteiger partial charge in [-0.3, -0.25) is 4.79 Å². The van der Waals surface area contributed by atoms with E-state index in [-0.39, 0.29) is 11.9 Å². The third kappa shape index (κ3) is 3.44. The summed E-state index contributed by atoms with van der Waals surface area (Å²) in [5.74, 6) is 0.516. The van der Waals surface area contributed by atoms with Gasteiger partial charge in [0, 0.05) is 19.7 Å². The molecule has 0 N–H and O–H groups in total. The van der Waals surface area contributed by atoms with Gasteiger partial charge in [0.1, 0.15) is 5.41 Å². The number of carbonyl (C=O) groups excluding carboxylic acids is 1. The van der Waals surface area contributed by atoms with E-state index < -0.39 is 5.41 Å². The summed E-state index contributed by atoms with van der Waals surface area (Å²) in [5, 5.41) is 9.05. The van der Waals surface area contributed by atoms with Gasteiger partial charge in [0.05, 0.1) is 12.7 Å². The maximum atomic E-state index is 12.3. The fraction of sp³-hybridized carbons (Fsp3) is 0.846. The second-order valence-electron chi connectivity index (χ2n) is 5.31. The van der Waals surface area contributed by atoms with Crippen molar-refractivity contribution < 1.29 is 9.53 Å². The fourth-order valence-corrected chi connectivity index (χ4v) is 1.92. The van der Waals surface area contributed by atoms with Gasteiger partial charge in [0.15, 0.2) is 0 Å². The second kappa shape index (κ2) is 5.50. The summed E-state index contributed by atoms with van der Waals surface area (Å²) in [6.07, 6.45) is 2.37. The molecular formula is C13H22N2O2. The third-order valence-electron chi connectivity index (χ3n) is 3.41. The van der Waals surface area contributed by atoms with Gasteiger partial charge >= 0.3 is 0 Å². The van der Waals surface area contributed by atoms with Crippen molar-refractivity contribution in [2.24, 2.45) is 11.3 Å². The molecule has 1 rings (SSSR count). The van der Waals surface area contributed by atoms with Crippen molar-refractivity contribution in [1.82, 2.24) is 4.90 Å². The molecule has 0 saturated heterocycles. The summed E-state index contributed by atoms with van der Waals surface area (Å²) in [4.78, 5) is 14.1. The largest absolute Gasteiger partial charge is 0.383 e. The molecule has 0 aromatic carbocycles. The monoisotopic (exact) mass is 238 g/mol. The molecule has 0 aromatic heterocycles. The minimum Gasteiger partial charge on any atom is -0.383 e. The maximum absolute atomic E-state index is 12.3. The van der Waals surface area contributed by atoms with E-state index in [1.165, 1.54) is 12.8 Å². The lowest BCUT2D eigenvalue weighted by Crippen LogP contribution is -2.47. The van der Waals surface area contributed by atoms with Crippen molar-refractivity contribution in [3.8, 4) is 6.07 Å². The molecule has 0 bridgehead atoms. The highest BCUT2D eigenvalue weighted by molar-refractivity contribution is 5.84. The van der Waals surface area contributed by atoms with Gasteiger partial charge in [-0.2, -0.15) is 5.26 Å². The molecule has 96 valence electrons. The van der Waals surface area contributed by atoms with E-state index in [1.54, 1.807) is 21.0 Å². The smallest absolute Gasteiger partial charge is 0.242 e. The Morgan fingerprint density at radius 2 is 2.18 bits per heavy atom. The van der Waals surface area contributed by atoms with Crippen molar-refractivity contribution >= 4 is 5.91 Å². The van der Waals surface area contributed by atoms with Crippen LogP contribution in [0, 0.1) is 22.7 Å². The standard InChI is InChI=1S/C13H22N2O2/c1-10(11-5-6-11)15(7-8-17-4)12(16)13(2,3)9-14/h10-11H,5-8H2,1-4H3. The minimum absolute atomic E-state index is 0.0866. The van der Waals surface area contributed by atoms with E-state index in [4.69, 9.17) is 10.00 Å². The molecule has 0 heterocycles. The number of carbonyl (C=O) groups is 1. The number of amides is 1. The fourth-order valence-electron chi connectivity index (χ4n) is 1.92. The van der Waals surface area contributed by atoms with Crippen molar-refractivity contribution in [3.05, 3.63) is 0 Å². The molecule has 1 fully saturated rings. The highest BCUT2D eigenvalue weighted by atomic mass is 16.5. The molecule has 1 atom stereocenters. The quantitative estimate of drug-likeness (QED) is 0.709. The van der Waals surface area contributed by atoms with Crippen molar-refractivity contribution in [2.45, 2.75) is 39.7 Å². The van der Waals surface area contributed by atoms with E-state index in [0.29, 0.717) is 19.1 Å². The second-order valence-corrected chi connectivity index (χ2v) is 5.31. The Morgan fingerprint density at radius 3 is 2.59 bits per heavy atom. The lowest BCUT2D eigenvalue weighted by molar-refractivity contribution is -0.140. The average Bonchev–Trinajstić information content (AvgIpc) is 3.12. The number of hydrogen-bond donors (Lipinski definition) is 0. The van der Waals surface area contributed by atoms with Crippen LogP contribution in [0.25, 0.3) is 0 Å². The number of ether oxygens (including phenoxy) is 1. The summed E-state index contributed by atoms with van der Waals surface area (Å²) in [6.45, 7) is 6.50. The first-order valence-corrected chi connectivity index (χ1v) is 6.15. The summed E-state index contributed by atoms with van der Waals surface area (Å²) < 4.78 is 5.04. The Labute approximate surface area is 104 Å². The minimum atomic E-state index is -0.948. The van der Waals surface area contributed by atoms with Gasteiger partial charge in [-0.25, -0.2) is 0 Å². The Hall–Kier alpha value is -1.08. The molecule has 1 unspecified atom stereocenters. The van der Waals surface area contributed by atoms with Crippen LogP contribution < -0.4 is 0 Å². The molecule has 4 nitrogen and oxygen atoms in total. The van der Waals surface area contributed by atoms with Crippen LogP contribution in [0.4, 0.5) is 0 Å². The van der Waals surface area contributed by atoms with Crippen molar-refractivity contribution in [3.63, 3.8) is 0 Å². The maximum Gasteiger partial charge on any atom is 0.242 e. The van der Waals surface area contributed by atoms with Crippen LogP contribution in [-0.2, 0) is 9.53 Å². The van der Waals surface area contributed by atoms with Crippen LogP contribution in [0.5, 0.6) is 0 Å². The summed E-state index contributed by atoms with van der Waals surface area (Å²) in [6, 6.07) is 2.29. The summed E-state index contributed by atoms with van der Waals surface area (Å²) >= 11 is 0.